The number of halogens is 1. The number of nitrogens with zero attached hydrogens (tertiary/aromatic N) is 2. The van der Waals surface area contributed by atoms with Gasteiger partial charge in [0.25, 0.3) is 0 Å². The molecule has 0 aromatic carbocycles. The fraction of sp³-hybridized carbons (Fsp3) is 0.625. The maximum absolute atomic E-state index is 12.4. The van der Waals surface area contributed by atoms with Gasteiger partial charge in [-0.1, -0.05) is 18.0 Å². The van der Waals surface area contributed by atoms with Crippen LogP contribution in [0.2, 0.25) is 4.34 Å². The van der Waals surface area contributed by atoms with Gasteiger partial charge in [0.15, 0.2) is 0 Å². The van der Waals surface area contributed by atoms with Gasteiger partial charge >= 0.3 is 0 Å². The number of carbonyl (C=O) groups is 2. The summed E-state index contributed by atoms with van der Waals surface area (Å²) in [5.41, 5.74) is 0. The molecule has 2 amide bonds. The predicted octanol–water partition coefficient (Wildman–Crippen LogP) is 2.81. The molecule has 2 heterocycles. The molecule has 1 saturated heterocycles. The lowest BCUT2D eigenvalue weighted by Gasteiger charge is -2.31. The van der Waals surface area contributed by atoms with E-state index in [9.17, 15) is 9.59 Å². The van der Waals surface area contributed by atoms with Gasteiger partial charge in [-0.05, 0) is 31.4 Å². The maximum Gasteiger partial charge on any atom is 0.227 e. The van der Waals surface area contributed by atoms with Crippen LogP contribution >= 0.6 is 22.9 Å². The minimum absolute atomic E-state index is 0.136. The molecule has 1 aromatic heterocycles. The number of hydrogen-bond acceptors (Lipinski definition) is 3. The van der Waals surface area contributed by atoms with Gasteiger partial charge in [-0.15, -0.1) is 11.3 Å². The minimum Gasteiger partial charge on any atom is -0.341 e. The third kappa shape index (κ3) is 3.63. The summed E-state index contributed by atoms with van der Waals surface area (Å²) in [6.45, 7) is 2.85. The van der Waals surface area contributed by atoms with Gasteiger partial charge in [0.1, 0.15) is 0 Å². The third-order valence-electron chi connectivity index (χ3n) is 4.57. The van der Waals surface area contributed by atoms with Crippen LogP contribution in [0.4, 0.5) is 0 Å². The highest BCUT2D eigenvalue weighted by molar-refractivity contribution is 7.16. The Morgan fingerprint density at radius 2 is 1.82 bits per heavy atom. The molecule has 6 heteroatoms. The van der Waals surface area contributed by atoms with E-state index in [2.05, 4.69) is 0 Å². The van der Waals surface area contributed by atoms with Crippen LogP contribution in [0.25, 0.3) is 0 Å². The Kier molecular flexibility index (Phi) is 5.03. The number of amides is 2. The number of hydrogen-bond donors (Lipinski definition) is 0. The summed E-state index contributed by atoms with van der Waals surface area (Å²) in [6, 6.07) is 3.74. The van der Waals surface area contributed by atoms with Gasteiger partial charge in [0.2, 0.25) is 11.8 Å². The normalized spacial score (nSPS) is 19.7. The first-order chi connectivity index (χ1) is 10.6. The molecule has 1 aliphatic heterocycles. The minimum atomic E-state index is 0.136. The van der Waals surface area contributed by atoms with Crippen LogP contribution in [-0.4, -0.2) is 47.8 Å². The van der Waals surface area contributed by atoms with E-state index in [4.69, 9.17) is 11.6 Å². The molecule has 2 aliphatic rings. The standard InChI is InChI=1S/C16H21ClN2O2S/c17-14-6-5-13(22-14)11-15(20)18-7-2-8-19(10-9-18)16(21)12-3-1-4-12/h5-6,12H,1-4,7-11H2. The quantitative estimate of drug-likeness (QED) is 0.849. The smallest absolute Gasteiger partial charge is 0.227 e. The number of carbonyl (C=O) groups excluding carboxylic acids is 2. The van der Waals surface area contributed by atoms with Gasteiger partial charge in [0.05, 0.1) is 10.8 Å². The summed E-state index contributed by atoms with van der Waals surface area (Å²) in [4.78, 5) is 29.6. The van der Waals surface area contributed by atoms with Crippen molar-refractivity contribution in [2.45, 2.75) is 32.1 Å². The third-order valence-corrected chi connectivity index (χ3v) is 5.80. The number of thiophene rings is 1. The molecule has 3 rings (SSSR count). The molecule has 1 aliphatic carbocycles. The lowest BCUT2D eigenvalue weighted by atomic mass is 9.84. The summed E-state index contributed by atoms with van der Waals surface area (Å²) in [7, 11) is 0. The monoisotopic (exact) mass is 340 g/mol. The molecular formula is C16H21ClN2O2S. The van der Waals surface area contributed by atoms with E-state index < -0.39 is 0 Å². The Hall–Kier alpha value is -1.07. The Labute approximate surface area is 140 Å². The Morgan fingerprint density at radius 1 is 1.09 bits per heavy atom. The second-order valence-corrected chi connectivity index (χ2v) is 7.87. The zero-order valence-corrected chi connectivity index (χ0v) is 14.2. The molecule has 0 radical (unpaired) electrons. The van der Waals surface area contributed by atoms with Crippen LogP contribution < -0.4 is 0 Å². The zero-order valence-electron chi connectivity index (χ0n) is 12.6. The van der Waals surface area contributed by atoms with Crippen molar-refractivity contribution in [1.82, 2.24) is 9.80 Å². The van der Waals surface area contributed by atoms with Crippen molar-refractivity contribution in [3.63, 3.8) is 0 Å². The molecular weight excluding hydrogens is 320 g/mol. The van der Waals surface area contributed by atoms with Crippen LogP contribution in [0.5, 0.6) is 0 Å². The molecule has 0 spiro atoms. The first kappa shape index (κ1) is 15.8. The zero-order chi connectivity index (χ0) is 15.5. The lowest BCUT2D eigenvalue weighted by Crippen LogP contribution is -2.41. The average Bonchev–Trinajstić information content (AvgIpc) is 2.71. The average molecular weight is 341 g/mol. The van der Waals surface area contributed by atoms with Crippen molar-refractivity contribution >= 4 is 34.8 Å². The Balaban J connectivity index is 1.53. The summed E-state index contributed by atoms with van der Waals surface area (Å²) >= 11 is 7.37. The molecule has 0 N–H and O–H groups in total. The summed E-state index contributed by atoms with van der Waals surface area (Å²) in [6.07, 6.45) is 4.54. The van der Waals surface area contributed by atoms with Gasteiger partial charge in [-0.2, -0.15) is 0 Å². The number of rotatable bonds is 3. The summed E-state index contributed by atoms with van der Waals surface area (Å²) in [5, 5.41) is 0. The molecule has 4 nitrogen and oxygen atoms in total. The molecule has 120 valence electrons. The highest BCUT2D eigenvalue weighted by atomic mass is 35.5. The predicted molar refractivity (Wildman–Crippen MR) is 88.2 cm³/mol. The largest absolute Gasteiger partial charge is 0.341 e. The van der Waals surface area contributed by atoms with E-state index in [1.54, 1.807) is 0 Å². The first-order valence-corrected chi connectivity index (χ1v) is 9.14. The molecule has 2 fully saturated rings. The highest BCUT2D eigenvalue weighted by Gasteiger charge is 2.30. The second kappa shape index (κ2) is 7.01. The van der Waals surface area contributed by atoms with Crippen molar-refractivity contribution in [3.05, 3.63) is 21.3 Å². The van der Waals surface area contributed by atoms with Crippen molar-refractivity contribution < 1.29 is 9.59 Å². The van der Waals surface area contributed by atoms with E-state index in [1.807, 2.05) is 21.9 Å². The highest BCUT2D eigenvalue weighted by Crippen LogP contribution is 2.28. The van der Waals surface area contributed by atoms with E-state index in [-0.39, 0.29) is 11.8 Å². The topological polar surface area (TPSA) is 40.6 Å². The van der Waals surface area contributed by atoms with Crippen LogP contribution in [0, 0.1) is 5.92 Å². The SMILES string of the molecule is O=C(Cc1ccc(Cl)s1)N1CCCN(C(=O)C2CCC2)CC1. The molecule has 1 aromatic rings. The van der Waals surface area contributed by atoms with Crippen LogP contribution in [0.15, 0.2) is 12.1 Å². The fourth-order valence-electron chi connectivity index (χ4n) is 3.01. The summed E-state index contributed by atoms with van der Waals surface area (Å²) < 4.78 is 0.718. The van der Waals surface area contributed by atoms with Crippen molar-refractivity contribution in [2.24, 2.45) is 5.92 Å². The van der Waals surface area contributed by atoms with Gasteiger partial charge in [0, 0.05) is 37.0 Å². The van der Waals surface area contributed by atoms with Crippen molar-refractivity contribution in [2.75, 3.05) is 26.2 Å². The van der Waals surface area contributed by atoms with E-state index in [1.165, 1.54) is 17.8 Å². The summed E-state index contributed by atoms with van der Waals surface area (Å²) in [5.74, 6) is 0.678. The van der Waals surface area contributed by atoms with E-state index in [0.29, 0.717) is 25.4 Å². The lowest BCUT2D eigenvalue weighted by molar-refractivity contribution is -0.138. The van der Waals surface area contributed by atoms with E-state index in [0.717, 1.165) is 41.6 Å². The van der Waals surface area contributed by atoms with Crippen LogP contribution in [0.1, 0.15) is 30.6 Å². The fourth-order valence-corrected chi connectivity index (χ4v) is 4.09. The molecule has 0 bridgehead atoms. The van der Waals surface area contributed by atoms with Crippen LogP contribution in [-0.2, 0) is 16.0 Å². The first-order valence-electron chi connectivity index (χ1n) is 7.94. The second-order valence-electron chi connectivity index (χ2n) is 6.07. The molecule has 0 unspecified atom stereocenters. The van der Waals surface area contributed by atoms with Crippen molar-refractivity contribution in [3.8, 4) is 0 Å². The van der Waals surface area contributed by atoms with Crippen LogP contribution in [0.3, 0.4) is 0 Å². The maximum atomic E-state index is 12.4. The molecule has 1 saturated carbocycles. The van der Waals surface area contributed by atoms with Gasteiger partial charge in [-0.25, -0.2) is 0 Å². The Bertz CT molecular complexity index is 556. The molecule has 22 heavy (non-hydrogen) atoms. The molecule has 0 atom stereocenters. The van der Waals surface area contributed by atoms with E-state index >= 15 is 0 Å². The van der Waals surface area contributed by atoms with Crippen molar-refractivity contribution in [1.29, 1.82) is 0 Å². The van der Waals surface area contributed by atoms with Gasteiger partial charge < -0.3 is 9.80 Å². The Morgan fingerprint density at radius 3 is 2.45 bits per heavy atom. The van der Waals surface area contributed by atoms with Gasteiger partial charge in [-0.3, -0.25) is 9.59 Å².